The Labute approximate surface area is 92.1 Å². The van der Waals surface area contributed by atoms with Gasteiger partial charge >= 0.3 is 0 Å². The fourth-order valence-corrected chi connectivity index (χ4v) is 2.53. The Bertz CT molecular complexity index is 322. The van der Waals surface area contributed by atoms with Crippen LogP contribution in [-0.2, 0) is 0 Å². The van der Waals surface area contributed by atoms with E-state index in [-0.39, 0.29) is 0 Å². The smallest absolute Gasteiger partial charge is 0.126 e. The summed E-state index contributed by atoms with van der Waals surface area (Å²) in [6.45, 7) is 4.32. The SMILES string of the molecule is CCC1CCCC1Nc1cccc(C)n1. The van der Waals surface area contributed by atoms with Crippen molar-refractivity contribution in [2.45, 2.75) is 45.6 Å². The Hall–Kier alpha value is -1.05. The first-order chi connectivity index (χ1) is 7.29. The lowest BCUT2D eigenvalue weighted by atomic mass is 10.0. The molecule has 1 saturated carbocycles. The molecule has 1 aliphatic carbocycles. The van der Waals surface area contributed by atoms with Crippen LogP contribution in [0.25, 0.3) is 0 Å². The highest BCUT2D eigenvalue weighted by atomic mass is 15.0. The summed E-state index contributed by atoms with van der Waals surface area (Å²) in [5, 5.41) is 3.57. The molecule has 0 aliphatic heterocycles. The molecule has 82 valence electrons. The Balaban J connectivity index is 2.02. The summed E-state index contributed by atoms with van der Waals surface area (Å²) in [4.78, 5) is 4.49. The average Bonchev–Trinajstić information content (AvgIpc) is 2.65. The van der Waals surface area contributed by atoms with Crippen LogP contribution in [0.3, 0.4) is 0 Å². The molecule has 2 atom stereocenters. The van der Waals surface area contributed by atoms with Gasteiger partial charge < -0.3 is 5.32 Å². The van der Waals surface area contributed by atoms with Gasteiger partial charge in [0.15, 0.2) is 0 Å². The predicted molar refractivity (Wildman–Crippen MR) is 64.0 cm³/mol. The largest absolute Gasteiger partial charge is 0.367 e. The highest BCUT2D eigenvalue weighted by Gasteiger charge is 2.25. The van der Waals surface area contributed by atoms with Crippen LogP contribution in [0.2, 0.25) is 0 Å². The molecule has 1 heterocycles. The predicted octanol–water partition coefficient (Wildman–Crippen LogP) is 3.38. The Morgan fingerprint density at radius 3 is 3.00 bits per heavy atom. The fourth-order valence-electron chi connectivity index (χ4n) is 2.53. The van der Waals surface area contributed by atoms with Gasteiger partial charge in [-0.3, -0.25) is 0 Å². The van der Waals surface area contributed by atoms with E-state index < -0.39 is 0 Å². The summed E-state index contributed by atoms with van der Waals surface area (Å²) < 4.78 is 0. The molecule has 0 radical (unpaired) electrons. The van der Waals surface area contributed by atoms with E-state index in [0.29, 0.717) is 6.04 Å². The van der Waals surface area contributed by atoms with E-state index in [1.165, 1.54) is 25.7 Å². The molecule has 2 rings (SSSR count). The Morgan fingerprint density at radius 1 is 1.40 bits per heavy atom. The third kappa shape index (κ3) is 2.49. The molecule has 1 N–H and O–H groups in total. The standard InChI is InChI=1S/C13H20N2/c1-3-11-7-5-8-12(11)15-13-9-4-6-10(2)14-13/h4,6,9,11-12H,3,5,7-8H2,1-2H3,(H,14,15). The van der Waals surface area contributed by atoms with Crippen molar-refractivity contribution in [2.75, 3.05) is 5.32 Å². The van der Waals surface area contributed by atoms with Crippen molar-refractivity contribution in [3.63, 3.8) is 0 Å². The summed E-state index contributed by atoms with van der Waals surface area (Å²) in [6.07, 6.45) is 5.32. The van der Waals surface area contributed by atoms with Crippen molar-refractivity contribution in [1.82, 2.24) is 4.98 Å². The molecule has 0 amide bonds. The molecule has 0 saturated heterocycles. The second-order valence-electron chi connectivity index (χ2n) is 4.51. The summed E-state index contributed by atoms with van der Waals surface area (Å²) in [6, 6.07) is 6.82. The van der Waals surface area contributed by atoms with Crippen molar-refractivity contribution in [3.8, 4) is 0 Å². The first kappa shape index (κ1) is 10.5. The number of hydrogen-bond acceptors (Lipinski definition) is 2. The lowest BCUT2D eigenvalue weighted by Crippen LogP contribution is -2.23. The average molecular weight is 204 g/mol. The monoisotopic (exact) mass is 204 g/mol. The van der Waals surface area contributed by atoms with Crippen molar-refractivity contribution in [3.05, 3.63) is 23.9 Å². The van der Waals surface area contributed by atoms with Crippen LogP contribution in [0.15, 0.2) is 18.2 Å². The van der Waals surface area contributed by atoms with Gasteiger partial charge in [0.05, 0.1) is 0 Å². The quantitative estimate of drug-likeness (QED) is 0.816. The Morgan fingerprint density at radius 2 is 2.27 bits per heavy atom. The number of nitrogens with zero attached hydrogens (tertiary/aromatic N) is 1. The molecule has 2 unspecified atom stereocenters. The number of anilines is 1. The van der Waals surface area contributed by atoms with E-state index in [0.717, 1.165) is 17.4 Å². The number of aromatic nitrogens is 1. The van der Waals surface area contributed by atoms with E-state index in [4.69, 9.17) is 0 Å². The van der Waals surface area contributed by atoms with E-state index in [1.807, 2.05) is 13.0 Å². The van der Waals surface area contributed by atoms with E-state index >= 15 is 0 Å². The minimum atomic E-state index is 0.643. The summed E-state index contributed by atoms with van der Waals surface area (Å²) in [5.74, 6) is 1.88. The minimum Gasteiger partial charge on any atom is -0.367 e. The number of rotatable bonds is 3. The van der Waals surface area contributed by atoms with Gasteiger partial charge in [-0.15, -0.1) is 0 Å². The van der Waals surface area contributed by atoms with E-state index in [9.17, 15) is 0 Å². The lowest BCUT2D eigenvalue weighted by Gasteiger charge is -2.20. The minimum absolute atomic E-state index is 0.643. The van der Waals surface area contributed by atoms with Gasteiger partial charge in [0, 0.05) is 11.7 Å². The Kier molecular flexibility index (Phi) is 3.24. The maximum Gasteiger partial charge on any atom is 0.126 e. The maximum atomic E-state index is 4.49. The van der Waals surface area contributed by atoms with Crippen LogP contribution in [0.4, 0.5) is 5.82 Å². The molecule has 0 spiro atoms. The molecule has 1 aromatic rings. The van der Waals surface area contributed by atoms with Crippen LogP contribution < -0.4 is 5.32 Å². The molecule has 0 aromatic carbocycles. The summed E-state index contributed by atoms with van der Waals surface area (Å²) in [7, 11) is 0. The molecule has 2 heteroatoms. The molecule has 1 fully saturated rings. The van der Waals surface area contributed by atoms with Crippen LogP contribution >= 0.6 is 0 Å². The molecule has 1 aliphatic rings. The van der Waals surface area contributed by atoms with E-state index in [1.54, 1.807) is 0 Å². The van der Waals surface area contributed by atoms with E-state index in [2.05, 4.69) is 29.4 Å². The van der Waals surface area contributed by atoms with Crippen molar-refractivity contribution in [1.29, 1.82) is 0 Å². The normalized spacial score (nSPS) is 25.5. The molecule has 15 heavy (non-hydrogen) atoms. The highest BCUT2D eigenvalue weighted by Crippen LogP contribution is 2.30. The second-order valence-corrected chi connectivity index (χ2v) is 4.51. The van der Waals surface area contributed by atoms with Gasteiger partial charge in [0.1, 0.15) is 5.82 Å². The molecular formula is C13H20N2. The van der Waals surface area contributed by atoms with Crippen molar-refractivity contribution >= 4 is 5.82 Å². The zero-order chi connectivity index (χ0) is 10.7. The lowest BCUT2D eigenvalue weighted by molar-refractivity contribution is 0.488. The van der Waals surface area contributed by atoms with Crippen molar-refractivity contribution < 1.29 is 0 Å². The van der Waals surface area contributed by atoms with Gasteiger partial charge in [-0.1, -0.05) is 25.8 Å². The molecular weight excluding hydrogens is 184 g/mol. The number of hydrogen-bond donors (Lipinski definition) is 1. The first-order valence-electron chi connectivity index (χ1n) is 6.00. The maximum absolute atomic E-state index is 4.49. The third-order valence-corrected chi connectivity index (χ3v) is 3.41. The third-order valence-electron chi connectivity index (χ3n) is 3.41. The van der Waals surface area contributed by atoms with Crippen LogP contribution in [0.1, 0.15) is 38.3 Å². The van der Waals surface area contributed by atoms with Crippen molar-refractivity contribution in [2.24, 2.45) is 5.92 Å². The first-order valence-corrected chi connectivity index (χ1v) is 6.00. The second kappa shape index (κ2) is 4.65. The van der Waals surface area contributed by atoms with Gasteiger partial charge in [0.2, 0.25) is 0 Å². The topological polar surface area (TPSA) is 24.9 Å². The van der Waals surface area contributed by atoms with Gasteiger partial charge in [-0.25, -0.2) is 4.98 Å². The van der Waals surface area contributed by atoms with Crippen LogP contribution in [0, 0.1) is 12.8 Å². The summed E-state index contributed by atoms with van der Waals surface area (Å²) in [5.41, 5.74) is 1.09. The summed E-state index contributed by atoms with van der Waals surface area (Å²) >= 11 is 0. The number of aryl methyl sites for hydroxylation is 1. The molecule has 0 bridgehead atoms. The fraction of sp³-hybridized carbons (Fsp3) is 0.615. The van der Waals surface area contributed by atoms with Crippen LogP contribution in [-0.4, -0.2) is 11.0 Å². The molecule has 1 aromatic heterocycles. The zero-order valence-electron chi connectivity index (χ0n) is 9.66. The van der Waals surface area contributed by atoms with Gasteiger partial charge in [-0.2, -0.15) is 0 Å². The zero-order valence-corrected chi connectivity index (χ0v) is 9.66. The number of pyridine rings is 1. The van der Waals surface area contributed by atoms with Gasteiger partial charge in [0.25, 0.3) is 0 Å². The molecule has 2 nitrogen and oxygen atoms in total. The number of nitrogens with one attached hydrogen (secondary N) is 1. The van der Waals surface area contributed by atoms with Crippen LogP contribution in [0.5, 0.6) is 0 Å². The highest BCUT2D eigenvalue weighted by molar-refractivity contribution is 5.36. The van der Waals surface area contributed by atoms with Gasteiger partial charge in [-0.05, 0) is 37.8 Å².